The molecular formula is C20H17BrN2O3S. The predicted octanol–water partition coefficient (Wildman–Crippen LogP) is 5.24. The summed E-state index contributed by atoms with van der Waals surface area (Å²) < 4.78 is 0.924. The number of benzene rings is 2. The van der Waals surface area contributed by atoms with Gasteiger partial charge in [0, 0.05) is 22.0 Å². The first-order valence-corrected chi connectivity index (χ1v) is 9.91. The number of carboxylic acids is 1. The maximum Gasteiger partial charge on any atom is 0.348 e. The van der Waals surface area contributed by atoms with Crippen molar-refractivity contribution in [1.82, 2.24) is 5.32 Å². The van der Waals surface area contributed by atoms with Crippen molar-refractivity contribution in [2.75, 3.05) is 11.9 Å². The Kier molecular flexibility index (Phi) is 6.26. The van der Waals surface area contributed by atoms with Crippen molar-refractivity contribution in [1.29, 1.82) is 0 Å². The van der Waals surface area contributed by atoms with Gasteiger partial charge in [-0.1, -0.05) is 58.4 Å². The molecule has 0 bridgehead atoms. The van der Waals surface area contributed by atoms with Crippen LogP contribution in [0.25, 0.3) is 11.1 Å². The second kappa shape index (κ2) is 8.83. The number of urea groups is 1. The zero-order valence-corrected chi connectivity index (χ0v) is 16.6. The highest BCUT2D eigenvalue weighted by Gasteiger charge is 2.20. The zero-order chi connectivity index (χ0) is 19.2. The first-order valence-electron chi connectivity index (χ1n) is 8.24. The Hall–Kier alpha value is -2.64. The maximum absolute atomic E-state index is 12.3. The van der Waals surface area contributed by atoms with Crippen molar-refractivity contribution in [2.45, 2.75) is 6.42 Å². The second-order valence-corrected chi connectivity index (χ2v) is 7.58. The van der Waals surface area contributed by atoms with Crippen LogP contribution < -0.4 is 10.6 Å². The summed E-state index contributed by atoms with van der Waals surface area (Å²) in [4.78, 5) is 23.9. The molecule has 0 saturated carbocycles. The summed E-state index contributed by atoms with van der Waals surface area (Å²) in [6.07, 6.45) is 0.698. The fourth-order valence-electron chi connectivity index (χ4n) is 2.60. The van der Waals surface area contributed by atoms with Crippen molar-refractivity contribution in [2.24, 2.45) is 0 Å². The molecule has 0 spiro atoms. The Morgan fingerprint density at radius 2 is 1.74 bits per heavy atom. The van der Waals surface area contributed by atoms with E-state index in [1.807, 2.05) is 54.6 Å². The summed E-state index contributed by atoms with van der Waals surface area (Å²) in [6.45, 7) is 0.454. The summed E-state index contributed by atoms with van der Waals surface area (Å²) in [5.41, 5.74) is 2.95. The molecule has 0 atom stereocenters. The van der Waals surface area contributed by atoms with Crippen molar-refractivity contribution in [3.8, 4) is 11.1 Å². The normalized spacial score (nSPS) is 10.4. The number of carboxylic acid groups (broad SMARTS) is 1. The lowest BCUT2D eigenvalue weighted by atomic mass is 10.1. The first kappa shape index (κ1) is 19.1. The molecule has 0 aliphatic carbocycles. The van der Waals surface area contributed by atoms with Crippen molar-refractivity contribution in [3.05, 3.63) is 74.9 Å². The zero-order valence-electron chi connectivity index (χ0n) is 14.2. The van der Waals surface area contributed by atoms with Crippen LogP contribution in [0.15, 0.2) is 64.5 Å². The molecule has 3 aromatic rings. The van der Waals surface area contributed by atoms with Crippen molar-refractivity contribution < 1.29 is 14.7 Å². The third-order valence-electron chi connectivity index (χ3n) is 3.92. The molecule has 0 saturated heterocycles. The minimum atomic E-state index is -1.07. The van der Waals surface area contributed by atoms with Gasteiger partial charge in [0.1, 0.15) is 4.88 Å². The third-order valence-corrected chi connectivity index (χ3v) is 5.42. The Bertz CT molecular complexity index is 940. The summed E-state index contributed by atoms with van der Waals surface area (Å²) >= 11 is 4.47. The van der Waals surface area contributed by atoms with E-state index < -0.39 is 12.0 Å². The molecule has 0 radical (unpaired) electrons. The van der Waals surface area contributed by atoms with Crippen LogP contribution in [0.1, 0.15) is 15.2 Å². The molecule has 3 N–H and O–H groups in total. The number of aromatic carboxylic acids is 1. The third kappa shape index (κ3) is 4.96. The Morgan fingerprint density at radius 3 is 2.41 bits per heavy atom. The molecule has 2 amide bonds. The minimum Gasteiger partial charge on any atom is -0.477 e. The Morgan fingerprint density at radius 1 is 1.04 bits per heavy atom. The molecule has 27 heavy (non-hydrogen) atoms. The average Bonchev–Trinajstić information content (AvgIpc) is 3.07. The summed E-state index contributed by atoms with van der Waals surface area (Å²) in [6, 6.07) is 16.9. The van der Waals surface area contributed by atoms with E-state index in [2.05, 4.69) is 26.6 Å². The van der Waals surface area contributed by atoms with E-state index in [9.17, 15) is 14.7 Å². The monoisotopic (exact) mass is 444 g/mol. The van der Waals surface area contributed by atoms with Crippen LogP contribution in [0.4, 0.5) is 10.5 Å². The van der Waals surface area contributed by atoms with Crippen LogP contribution in [0.3, 0.4) is 0 Å². The van der Waals surface area contributed by atoms with Gasteiger partial charge >= 0.3 is 12.0 Å². The number of thiophene rings is 1. The number of hydrogen-bond acceptors (Lipinski definition) is 3. The molecule has 5 nitrogen and oxygen atoms in total. The molecule has 0 fully saturated rings. The molecule has 138 valence electrons. The van der Waals surface area contributed by atoms with E-state index >= 15 is 0 Å². The van der Waals surface area contributed by atoms with E-state index in [-0.39, 0.29) is 4.88 Å². The fourth-order valence-corrected chi connectivity index (χ4v) is 3.74. The number of nitrogens with one attached hydrogen (secondary N) is 2. The highest BCUT2D eigenvalue weighted by molar-refractivity contribution is 9.10. The van der Waals surface area contributed by atoms with E-state index in [0.717, 1.165) is 26.9 Å². The van der Waals surface area contributed by atoms with Gasteiger partial charge in [-0.15, -0.1) is 11.3 Å². The number of anilines is 1. The molecule has 0 aliphatic heterocycles. The lowest BCUT2D eigenvalue weighted by Gasteiger charge is -2.10. The van der Waals surface area contributed by atoms with E-state index in [1.165, 1.54) is 0 Å². The Labute approximate surface area is 169 Å². The molecule has 1 aromatic heterocycles. The smallest absolute Gasteiger partial charge is 0.348 e. The number of rotatable bonds is 6. The minimum absolute atomic E-state index is 0.103. The number of carbonyl (C=O) groups excluding carboxylic acids is 1. The molecule has 3 rings (SSSR count). The van der Waals surface area contributed by atoms with Crippen LogP contribution in [0.2, 0.25) is 0 Å². The van der Waals surface area contributed by atoms with E-state index in [0.29, 0.717) is 24.2 Å². The fraction of sp³-hybridized carbons (Fsp3) is 0.100. The second-order valence-electron chi connectivity index (χ2n) is 5.78. The van der Waals surface area contributed by atoms with Gasteiger partial charge in [-0.05, 0) is 29.7 Å². The summed E-state index contributed by atoms with van der Waals surface area (Å²) in [5, 5.41) is 16.7. The number of carbonyl (C=O) groups is 2. The van der Waals surface area contributed by atoms with Gasteiger partial charge in [0.05, 0.1) is 5.69 Å². The SMILES string of the molecule is O=C(NCCc1ccccc1)Nc1c(-c2ccc(Br)cc2)csc1C(=O)O. The summed E-state index contributed by atoms with van der Waals surface area (Å²) in [5.74, 6) is -1.07. The highest BCUT2D eigenvalue weighted by Crippen LogP contribution is 2.36. The molecule has 2 aromatic carbocycles. The van der Waals surface area contributed by atoms with Gasteiger partial charge < -0.3 is 15.7 Å². The molecule has 7 heteroatoms. The van der Waals surface area contributed by atoms with Crippen LogP contribution in [0.5, 0.6) is 0 Å². The number of hydrogen-bond donors (Lipinski definition) is 3. The maximum atomic E-state index is 12.3. The van der Waals surface area contributed by atoms with Crippen LogP contribution in [0, 0.1) is 0 Å². The highest BCUT2D eigenvalue weighted by atomic mass is 79.9. The Balaban J connectivity index is 1.72. The molecular weight excluding hydrogens is 428 g/mol. The number of amides is 2. The molecule has 0 aliphatic rings. The lowest BCUT2D eigenvalue weighted by Crippen LogP contribution is -2.31. The van der Waals surface area contributed by atoms with Gasteiger partial charge in [0.25, 0.3) is 0 Å². The van der Waals surface area contributed by atoms with Crippen LogP contribution in [-0.2, 0) is 6.42 Å². The van der Waals surface area contributed by atoms with Gasteiger partial charge in [-0.2, -0.15) is 0 Å². The van der Waals surface area contributed by atoms with Gasteiger partial charge in [-0.3, -0.25) is 0 Å². The van der Waals surface area contributed by atoms with Crippen molar-refractivity contribution in [3.63, 3.8) is 0 Å². The van der Waals surface area contributed by atoms with Crippen LogP contribution >= 0.6 is 27.3 Å². The number of halogens is 1. The standard InChI is InChI=1S/C20H17BrN2O3S/c21-15-8-6-14(7-9-15)16-12-27-18(19(24)25)17(16)23-20(26)22-11-10-13-4-2-1-3-5-13/h1-9,12H,10-11H2,(H,24,25)(H2,22,23,26). The summed E-state index contributed by atoms with van der Waals surface area (Å²) in [7, 11) is 0. The molecule has 0 unspecified atom stereocenters. The van der Waals surface area contributed by atoms with Gasteiger partial charge in [0.2, 0.25) is 0 Å². The lowest BCUT2D eigenvalue weighted by molar-refractivity contribution is 0.0703. The average molecular weight is 445 g/mol. The first-order chi connectivity index (χ1) is 13.0. The topological polar surface area (TPSA) is 78.4 Å². The quantitative estimate of drug-likeness (QED) is 0.486. The predicted molar refractivity (Wildman–Crippen MR) is 112 cm³/mol. The molecule has 1 heterocycles. The van der Waals surface area contributed by atoms with Crippen molar-refractivity contribution >= 4 is 45.0 Å². The largest absolute Gasteiger partial charge is 0.477 e. The van der Waals surface area contributed by atoms with Gasteiger partial charge in [0.15, 0.2) is 0 Å². The van der Waals surface area contributed by atoms with E-state index in [1.54, 1.807) is 5.38 Å². The van der Waals surface area contributed by atoms with Gasteiger partial charge in [-0.25, -0.2) is 9.59 Å². The van der Waals surface area contributed by atoms with E-state index in [4.69, 9.17) is 0 Å². The van der Waals surface area contributed by atoms with Crippen LogP contribution in [-0.4, -0.2) is 23.7 Å².